The number of phenols is 6. The maximum atomic E-state index is 13.3. The van der Waals surface area contributed by atoms with Crippen molar-refractivity contribution in [1.29, 1.82) is 0 Å². The monoisotopic (exact) mass is 1160 g/mol. The summed E-state index contributed by atoms with van der Waals surface area (Å²) in [6.07, 6.45) is 2.50. The zero-order valence-corrected chi connectivity index (χ0v) is 54.9. The molecule has 0 saturated heterocycles. The molecule has 6 aromatic rings. The second-order valence-corrected chi connectivity index (χ2v) is 29.5. The number of rotatable bonds is 14. The molecule has 6 aromatic carbocycles. The molecule has 85 heavy (non-hydrogen) atoms. The van der Waals surface area contributed by atoms with E-state index in [-0.39, 0.29) is 86.7 Å². The molecule has 0 aliphatic heterocycles. The molecule has 3 amide bonds. The normalized spacial score (nSPS) is 12.3. The lowest BCUT2D eigenvalue weighted by atomic mass is 9.78. The molecular formula is C73H99N3O9. The van der Waals surface area contributed by atoms with Crippen LogP contribution in [-0.4, -0.2) is 48.4 Å². The van der Waals surface area contributed by atoms with E-state index in [1.807, 2.05) is 36.4 Å². The van der Waals surface area contributed by atoms with Crippen LogP contribution in [0.2, 0.25) is 0 Å². The summed E-state index contributed by atoms with van der Waals surface area (Å²) in [5, 5.41) is 73.7. The summed E-state index contributed by atoms with van der Waals surface area (Å²) in [4.78, 5) is 39.0. The van der Waals surface area contributed by atoms with Gasteiger partial charge in [0.2, 0.25) is 17.7 Å². The highest BCUT2D eigenvalue weighted by Crippen LogP contribution is 2.44. The summed E-state index contributed by atoms with van der Waals surface area (Å²) < 4.78 is 0. The van der Waals surface area contributed by atoms with Gasteiger partial charge in [-0.05, 0) is 182 Å². The first-order valence-corrected chi connectivity index (χ1v) is 29.8. The molecule has 0 aliphatic rings. The Hall–Kier alpha value is -7.47. The molecule has 9 N–H and O–H groups in total. The highest BCUT2D eigenvalue weighted by Gasteiger charge is 2.30. The number of carbonyl (C=O) groups is 3. The first kappa shape index (κ1) is 68.3. The molecule has 0 unspecified atom stereocenters. The Morgan fingerprint density at radius 2 is 0.576 bits per heavy atom. The van der Waals surface area contributed by atoms with Gasteiger partial charge in [-0.15, -0.1) is 0 Å². The fraction of sp³-hybridized carbons (Fsp3) is 0.466. The fourth-order valence-electron chi connectivity index (χ4n) is 10.4. The molecule has 460 valence electrons. The number of nitrogens with one attached hydrogen (secondary N) is 3. The van der Waals surface area contributed by atoms with Crippen molar-refractivity contribution < 1.29 is 45.0 Å². The molecular weight excluding hydrogens is 1060 g/mol. The Labute approximate surface area is 507 Å². The Morgan fingerprint density at radius 3 is 0.824 bits per heavy atom. The fourth-order valence-corrected chi connectivity index (χ4v) is 10.4. The Bertz CT molecular complexity index is 3180. The Morgan fingerprint density at radius 1 is 0.329 bits per heavy atom. The molecule has 0 heterocycles. The van der Waals surface area contributed by atoms with E-state index in [0.717, 1.165) is 55.6 Å². The molecule has 0 bridgehead atoms. The maximum Gasteiger partial charge on any atom is 0.224 e. The maximum absolute atomic E-state index is 13.3. The smallest absolute Gasteiger partial charge is 0.224 e. The van der Waals surface area contributed by atoms with E-state index < -0.39 is 0 Å². The largest absolute Gasteiger partial charge is 0.508 e. The average Bonchev–Trinajstić information content (AvgIpc) is 3.43. The number of phenolic OH excluding ortho intramolecular Hbond substituents is 6. The van der Waals surface area contributed by atoms with Gasteiger partial charge in [-0.25, -0.2) is 0 Å². The van der Waals surface area contributed by atoms with Gasteiger partial charge >= 0.3 is 0 Å². The van der Waals surface area contributed by atoms with E-state index in [4.69, 9.17) is 0 Å². The van der Waals surface area contributed by atoms with Crippen LogP contribution in [0.4, 0.5) is 17.1 Å². The van der Waals surface area contributed by atoms with Crippen molar-refractivity contribution in [1.82, 2.24) is 0 Å². The predicted molar refractivity (Wildman–Crippen MR) is 349 cm³/mol. The zero-order chi connectivity index (χ0) is 64.3. The number of hydrogen-bond donors (Lipinski definition) is 9. The summed E-state index contributed by atoms with van der Waals surface area (Å²) >= 11 is 0. The standard InChI is InChI=1S/C49H66N2O6.C24H33NO3/c1-28-19-34(50-40(52)17-15-30-21-36(46(3,4)5)44(56)37(22-30)47(6,7)8)26-32(42(28)54)25-33-27-35(20-29(2)43(33)55)51-41(53)18-16-31-23-38(48(9,10)11)45(57)39(24-31)49(12,13)14;1-15-12-17(9-10-20(15)26)25-21(27)11-8-16-13-18(23(2,3)4)22(28)19(14-16)24(5,6)7/h19-24,26-27,54-57H,15-18,25H2,1-14H3,(H,50,52)(H,51,53);9-10,12-14,26,28H,8,11H2,1-7H3,(H,25,27). The number of amides is 3. The van der Waals surface area contributed by atoms with Crippen LogP contribution in [-0.2, 0) is 72.6 Å². The lowest BCUT2D eigenvalue weighted by molar-refractivity contribution is -0.117. The summed E-state index contributed by atoms with van der Waals surface area (Å²) in [5.41, 5.74) is 11.4. The van der Waals surface area contributed by atoms with Crippen molar-refractivity contribution in [2.24, 2.45) is 0 Å². The van der Waals surface area contributed by atoms with Crippen LogP contribution in [0.15, 0.2) is 78.9 Å². The first-order valence-electron chi connectivity index (χ1n) is 29.8. The van der Waals surface area contributed by atoms with Gasteiger partial charge in [0.05, 0.1) is 0 Å². The molecule has 12 heteroatoms. The van der Waals surface area contributed by atoms with Crippen LogP contribution in [0.5, 0.6) is 34.5 Å². The van der Waals surface area contributed by atoms with E-state index in [2.05, 4.69) is 141 Å². The van der Waals surface area contributed by atoms with Gasteiger partial charge in [-0.1, -0.05) is 161 Å². The molecule has 0 saturated carbocycles. The summed E-state index contributed by atoms with van der Waals surface area (Å²) in [6, 6.07) is 23.9. The first-order chi connectivity index (χ1) is 38.8. The molecule has 0 atom stereocenters. The highest BCUT2D eigenvalue weighted by atomic mass is 16.3. The zero-order valence-electron chi connectivity index (χ0n) is 54.9. The third-order valence-electron chi connectivity index (χ3n) is 15.5. The van der Waals surface area contributed by atoms with Gasteiger partial charge in [0.15, 0.2) is 0 Å². The van der Waals surface area contributed by atoms with Crippen molar-refractivity contribution in [3.63, 3.8) is 0 Å². The summed E-state index contributed by atoms with van der Waals surface area (Å²) in [7, 11) is 0. The predicted octanol–water partition coefficient (Wildman–Crippen LogP) is 16.6. The number of aromatic hydroxyl groups is 6. The van der Waals surface area contributed by atoms with Crippen LogP contribution in [0.3, 0.4) is 0 Å². The molecule has 0 spiro atoms. The third-order valence-corrected chi connectivity index (χ3v) is 15.5. The second kappa shape index (κ2) is 26.0. The van der Waals surface area contributed by atoms with Gasteiger partial charge in [0.1, 0.15) is 34.5 Å². The SMILES string of the molecule is Cc1cc(NC(=O)CCc2cc(C(C)(C)C)c(O)c(C(C)(C)C)c2)cc(Cc2cc(NC(=O)CCc3cc(C(C)(C)C)c(O)c(C(C)(C)C)c3)cc(C)c2O)c1O.Cc1cc(NC(=O)CCc2cc(C(C)(C)C)c(O)c(C(C)(C)C)c2)ccc1O. The van der Waals surface area contributed by atoms with Crippen molar-refractivity contribution in [3.8, 4) is 34.5 Å². The van der Waals surface area contributed by atoms with Gasteiger partial charge in [-0.3, -0.25) is 14.4 Å². The number of benzene rings is 6. The molecule has 0 aliphatic carbocycles. The lowest BCUT2D eigenvalue weighted by Gasteiger charge is -2.28. The molecule has 0 fully saturated rings. The van der Waals surface area contributed by atoms with Crippen molar-refractivity contribution in [2.45, 2.75) is 223 Å². The Balaban J connectivity index is 0.000000393. The highest BCUT2D eigenvalue weighted by molar-refractivity contribution is 5.92. The van der Waals surface area contributed by atoms with Crippen molar-refractivity contribution in [2.75, 3.05) is 16.0 Å². The van der Waals surface area contributed by atoms with Crippen LogP contribution in [0.25, 0.3) is 0 Å². The van der Waals surface area contributed by atoms with Gasteiger partial charge in [0, 0.05) is 53.9 Å². The summed E-state index contributed by atoms with van der Waals surface area (Å²) in [6.45, 7) is 42.6. The number of anilines is 3. The minimum atomic E-state index is -0.275. The minimum Gasteiger partial charge on any atom is -0.508 e. The topological polar surface area (TPSA) is 209 Å². The van der Waals surface area contributed by atoms with Crippen LogP contribution in [0.1, 0.15) is 222 Å². The van der Waals surface area contributed by atoms with Crippen molar-refractivity contribution in [3.05, 3.63) is 157 Å². The van der Waals surface area contributed by atoms with Crippen LogP contribution >= 0.6 is 0 Å². The van der Waals surface area contributed by atoms with E-state index in [9.17, 15) is 45.0 Å². The number of hydrogen-bond acceptors (Lipinski definition) is 9. The number of carbonyl (C=O) groups excluding carboxylic acids is 3. The quantitative estimate of drug-likeness (QED) is 0.0475. The molecule has 12 nitrogen and oxygen atoms in total. The van der Waals surface area contributed by atoms with Crippen molar-refractivity contribution >= 4 is 34.8 Å². The lowest BCUT2D eigenvalue weighted by Crippen LogP contribution is -2.18. The van der Waals surface area contributed by atoms with Gasteiger partial charge in [-0.2, -0.15) is 0 Å². The Kier molecular flexibility index (Phi) is 20.9. The van der Waals surface area contributed by atoms with E-state index in [1.54, 1.807) is 63.2 Å². The van der Waals surface area contributed by atoms with E-state index >= 15 is 0 Å². The third kappa shape index (κ3) is 18.3. The van der Waals surface area contributed by atoms with E-state index in [0.29, 0.717) is 82.2 Å². The molecule has 0 aromatic heterocycles. The second-order valence-electron chi connectivity index (χ2n) is 29.5. The van der Waals surface area contributed by atoms with Gasteiger partial charge < -0.3 is 46.6 Å². The van der Waals surface area contributed by atoms with Crippen LogP contribution < -0.4 is 16.0 Å². The minimum absolute atomic E-state index is 0.0613. The summed E-state index contributed by atoms with van der Waals surface area (Å²) in [5.74, 6) is 0.853. The number of aryl methyl sites for hydroxylation is 6. The van der Waals surface area contributed by atoms with Gasteiger partial charge in [0.25, 0.3) is 0 Å². The van der Waals surface area contributed by atoms with E-state index in [1.165, 1.54) is 0 Å². The molecule has 6 rings (SSSR count). The average molecular weight is 1160 g/mol. The molecule has 0 radical (unpaired) electrons. The van der Waals surface area contributed by atoms with Crippen LogP contribution in [0, 0.1) is 20.8 Å².